The Bertz CT molecular complexity index is 767. The summed E-state index contributed by atoms with van der Waals surface area (Å²) in [5.74, 6) is 0.361. The van der Waals surface area contributed by atoms with Crippen molar-refractivity contribution in [3.8, 4) is 0 Å². The molecule has 3 nitrogen and oxygen atoms in total. The molecule has 23 heavy (non-hydrogen) atoms. The van der Waals surface area contributed by atoms with Crippen LogP contribution in [0.25, 0.3) is 0 Å². The first-order valence-corrected chi connectivity index (χ1v) is 8.94. The van der Waals surface area contributed by atoms with Gasteiger partial charge in [-0.05, 0) is 29.6 Å². The Labute approximate surface area is 147 Å². The summed E-state index contributed by atoms with van der Waals surface area (Å²) in [6.45, 7) is 0.587. The van der Waals surface area contributed by atoms with Crippen molar-refractivity contribution in [1.82, 2.24) is 4.98 Å². The van der Waals surface area contributed by atoms with Gasteiger partial charge in [0.15, 0.2) is 0 Å². The molecule has 0 aliphatic heterocycles. The van der Waals surface area contributed by atoms with Crippen molar-refractivity contribution in [2.45, 2.75) is 11.4 Å². The Balaban J connectivity index is 1.67. The maximum atomic E-state index is 14.2. The van der Waals surface area contributed by atoms with E-state index >= 15 is 0 Å². The minimum atomic E-state index is -0.335. The predicted molar refractivity (Wildman–Crippen MR) is 96.8 cm³/mol. The van der Waals surface area contributed by atoms with Crippen molar-refractivity contribution in [3.05, 3.63) is 69.8 Å². The Morgan fingerprint density at radius 2 is 2.04 bits per heavy atom. The molecule has 0 aliphatic carbocycles. The van der Waals surface area contributed by atoms with Gasteiger partial charge in [0.05, 0.1) is 21.1 Å². The van der Waals surface area contributed by atoms with Crippen LogP contribution in [0.15, 0.2) is 58.3 Å². The van der Waals surface area contributed by atoms with Crippen molar-refractivity contribution in [1.29, 1.82) is 0 Å². The molecule has 3 rings (SSSR count). The summed E-state index contributed by atoms with van der Waals surface area (Å²) in [6.07, 6.45) is 0. The highest BCUT2D eigenvalue weighted by atomic mass is 35.5. The van der Waals surface area contributed by atoms with E-state index in [1.165, 1.54) is 17.4 Å². The number of aromatic nitrogens is 1. The van der Waals surface area contributed by atoms with E-state index in [1.54, 1.807) is 11.6 Å². The molecule has 0 fully saturated rings. The molecule has 0 radical (unpaired) electrons. The number of hydrogen-bond donors (Lipinski definition) is 2. The summed E-state index contributed by atoms with van der Waals surface area (Å²) in [5, 5.41) is 5.48. The Kier molecular flexibility index (Phi) is 5.38. The molecule has 0 saturated heterocycles. The summed E-state index contributed by atoms with van der Waals surface area (Å²) in [4.78, 5) is 4.51. The average Bonchev–Trinajstić information content (AvgIpc) is 3.08. The van der Waals surface area contributed by atoms with Crippen LogP contribution in [-0.2, 0) is 6.54 Å². The molecule has 0 unspecified atom stereocenters. The van der Waals surface area contributed by atoms with Crippen LogP contribution in [0.3, 0.4) is 0 Å². The SMILES string of the molecule is Fc1cc(NCc2ccccc2)c(Cl)cc1SNc1cscn1. The van der Waals surface area contributed by atoms with Crippen LogP contribution in [0.1, 0.15) is 5.56 Å². The molecule has 0 spiro atoms. The fourth-order valence-corrected chi connectivity index (χ4v) is 3.42. The fraction of sp³-hybridized carbons (Fsp3) is 0.0625. The first-order chi connectivity index (χ1) is 11.2. The maximum absolute atomic E-state index is 14.2. The topological polar surface area (TPSA) is 37.0 Å². The molecule has 3 aromatic rings. The van der Waals surface area contributed by atoms with Gasteiger partial charge in [-0.2, -0.15) is 0 Å². The normalized spacial score (nSPS) is 10.5. The summed E-state index contributed by atoms with van der Waals surface area (Å²) in [6, 6.07) is 12.9. The summed E-state index contributed by atoms with van der Waals surface area (Å²) in [7, 11) is 0. The summed E-state index contributed by atoms with van der Waals surface area (Å²) >= 11 is 8.87. The number of halogens is 2. The van der Waals surface area contributed by atoms with Gasteiger partial charge in [0, 0.05) is 11.9 Å². The highest BCUT2D eigenvalue weighted by Crippen LogP contribution is 2.32. The second kappa shape index (κ2) is 7.68. The summed E-state index contributed by atoms with van der Waals surface area (Å²) in [5.41, 5.74) is 3.39. The van der Waals surface area contributed by atoms with Gasteiger partial charge >= 0.3 is 0 Å². The highest BCUT2D eigenvalue weighted by molar-refractivity contribution is 8.00. The average molecular weight is 366 g/mol. The third-order valence-corrected chi connectivity index (χ3v) is 4.79. The zero-order valence-electron chi connectivity index (χ0n) is 11.9. The minimum Gasteiger partial charge on any atom is -0.380 e. The van der Waals surface area contributed by atoms with Gasteiger partial charge in [0.25, 0.3) is 0 Å². The molecule has 2 aromatic carbocycles. The van der Waals surface area contributed by atoms with Crippen molar-refractivity contribution in [2.75, 3.05) is 10.0 Å². The molecule has 0 atom stereocenters. The number of rotatable bonds is 6. The molecule has 0 bridgehead atoms. The first kappa shape index (κ1) is 16.1. The van der Waals surface area contributed by atoms with Gasteiger partial charge in [-0.1, -0.05) is 41.9 Å². The molecule has 2 N–H and O–H groups in total. The summed E-state index contributed by atoms with van der Waals surface area (Å²) < 4.78 is 17.2. The fourth-order valence-electron chi connectivity index (χ4n) is 1.91. The van der Waals surface area contributed by atoms with E-state index in [4.69, 9.17) is 11.6 Å². The lowest BCUT2D eigenvalue weighted by Crippen LogP contribution is -2.01. The van der Waals surface area contributed by atoms with Crippen LogP contribution in [0.2, 0.25) is 5.02 Å². The second-order valence-electron chi connectivity index (χ2n) is 4.68. The van der Waals surface area contributed by atoms with Gasteiger partial charge in [0.1, 0.15) is 11.6 Å². The van der Waals surface area contributed by atoms with Gasteiger partial charge in [-0.15, -0.1) is 11.3 Å². The molecule has 0 saturated carbocycles. The van der Waals surface area contributed by atoms with Crippen LogP contribution in [0.5, 0.6) is 0 Å². The van der Waals surface area contributed by atoms with Crippen molar-refractivity contribution in [2.24, 2.45) is 0 Å². The van der Waals surface area contributed by atoms with E-state index in [9.17, 15) is 4.39 Å². The van der Waals surface area contributed by atoms with Crippen LogP contribution in [-0.4, -0.2) is 4.98 Å². The standard InChI is InChI=1S/C16H13ClFN3S2/c17-12-6-15(23-21-16-9-22-10-20-16)13(18)7-14(12)19-8-11-4-2-1-3-5-11/h1-7,9-10,19,21H,8H2. The molecular formula is C16H13ClFN3S2. The van der Waals surface area contributed by atoms with E-state index in [1.807, 2.05) is 35.7 Å². The highest BCUT2D eigenvalue weighted by Gasteiger charge is 2.10. The van der Waals surface area contributed by atoms with E-state index in [0.717, 1.165) is 17.5 Å². The van der Waals surface area contributed by atoms with Crippen molar-refractivity contribution < 1.29 is 4.39 Å². The minimum absolute atomic E-state index is 0.335. The number of benzene rings is 2. The molecule has 118 valence electrons. The number of hydrogen-bond acceptors (Lipinski definition) is 5. The largest absolute Gasteiger partial charge is 0.380 e. The van der Waals surface area contributed by atoms with E-state index in [-0.39, 0.29) is 5.82 Å². The smallest absolute Gasteiger partial charge is 0.147 e. The van der Waals surface area contributed by atoms with Gasteiger partial charge in [-0.25, -0.2) is 9.37 Å². The van der Waals surface area contributed by atoms with E-state index in [0.29, 0.717) is 28.0 Å². The quantitative estimate of drug-likeness (QED) is 0.552. The molecule has 0 aliphatic rings. The molecule has 7 heteroatoms. The Morgan fingerprint density at radius 3 is 2.78 bits per heavy atom. The maximum Gasteiger partial charge on any atom is 0.147 e. The van der Waals surface area contributed by atoms with Gasteiger partial charge in [0.2, 0.25) is 0 Å². The Hall–Kier alpha value is -1.76. The molecule has 0 amide bonds. The molecule has 1 aromatic heterocycles. The number of anilines is 2. The number of thiazole rings is 1. The second-order valence-corrected chi connectivity index (χ2v) is 6.65. The van der Waals surface area contributed by atoms with E-state index < -0.39 is 0 Å². The molecular weight excluding hydrogens is 353 g/mol. The first-order valence-electron chi connectivity index (χ1n) is 6.80. The third kappa shape index (κ3) is 4.37. The zero-order chi connectivity index (χ0) is 16.1. The van der Waals surface area contributed by atoms with Crippen LogP contribution < -0.4 is 10.0 Å². The lowest BCUT2D eigenvalue weighted by atomic mass is 10.2. The molecule has 1 heterocycles. The van der Waals surface area contributed by atoms with Gasteiger partial charge < -0.3 is 10.0 Å². The van der Waals surface area contributed by atoms with E-state index in [2.05, 4.69) is 15.0 Å². The predicted octanol–water partition coefficient (Wildman–Crippen LogP) is 5.67. The van der Waals surface area contributed by atoms with Crippen molar-refractivity contribution >= 4 is 46.4 Å². The number of nitrogens with one attached hydrogen (secondary N) is 2. The lowest BCUT2D eigenvalue weighted by Gasteiger charge is -2.11. The van der Waals surface area contributed by atoms with Crippen LogP contribution in [0.4, 0.5) is 15.9 Å². The van der Waals surface area contributed by atoms with Crippen LogP contribution >= 0.6 is 34.9 Å². The zero-order valence-corrected chi connectivity index (χ0v) is 14.3. The van der Waals surface area contributed by atoms with Gasteiger partial charge in [-0.3, -0.25) is 0 Å². The third-order valence-electron chi connectivity index (χ3n) is 3.05. The number of nitrogens with zero attached hydrogens (tertiary/aromatic N) is 1. The monoisotopic (exact) mass is 365 g/mol. The van der Waals surface area contributed by atoms with Crippen LogP contribution in [0, 0.1) is 5.82 Å². The lowest BCUT2D eigenvalue weighted by molar-refractivity contribution is 0.602. The Morgan fingerprint density at radius 1 is 1.22 bits per heavy atom. The van der Waals surface area contributed by atoms with Crippen molar-refractivity contribution in [3.63, 3.8) is 0 Å².